The first-order chi connectivity index (χ1) is 7.46. The van der Waals surface area contributed by atoms with E-state index in [9.17, 15) is 10.1 Å². The number of benzene rings is 1. The van der Waals surface area contributed by atoms with Crippen LogP contribution in [0.1, 0.15) is 20.3 Å². The normalized spacial score (nSPS) is 11.2. The molecule has 0 unspecified atom stereocenters. The van der Waals surface area contributed by atoms with E-state index in [1.54, 1.807) is 18.2 Å². The Morgan fingerprint density at radius 1 is 1.44 bits per heavy atom. The minimum atomic E-state index is -0.419. The SMILES string of the molecule is CC(C)(CCO)Nc1ccccc1[N+](=O)[O-]. The minimum absolute atomic E-state index is 0.0423. The van der Waals surface area contributed by atoms with Gasteiger partial charge in [0.05, 0.1) is 4.92 Å². The van der Waals surface area contributed by atoms with Crippen molar-refractivity contribution in [2.75, 3.05) is 11.9 Å². The fourth-order valence-corrected chi connectivity index (χ4v) is 1.45. The van der Waals surface area contributed by atoms with Gasteiger partial charge in [-0.1, -0.05) is 12.1 Å². The average molecular weight is 224 g/mol. The van der Waals surface area contributed by atoms with Crippen LogP contribution in [0.3, 0.4) is 0 Å². The first kappa shape index (κ1) is 12.4. The van der Waals surface area contributed by atoms with E-state index in [0.717, 1.165) is 0 Å². The molecule has 0 spiro atoms. The zero-order chi connectivity index (χ0) is 12.2. The molecule has 0 radical (unpaired) electrons. The van der Waals surface area contributed by atoms with Gasteiger partial charge in [0.2, 0.25) is 0 Å². The molecule has 0 amide bonds. The quantitative estimate of drug-likeness (QED) is 0.593. The monoisotopic (exact) mass is 224 g/mol. The topological polar surface area (TPSA) is 75.4 Å². The lowest BCUT2D eigenvalue weighted by atomic mass is 10.0. The van der Waals surface area contributed by atoms with Gasteiger partial charge in [-0.15, -0.1) is 0 Å². The van der Waals surface area contributed by atoms with Crippen molar-refractivity contribution in [2.45, 2.75) is 25.8 Å². The average Bonchev–Trinajstić information content (AvgIpc) is 2.17. The van der Waals surface area contributed by atoms with Gasteiger partial charge in [-0.05, 0) is 26.3 Å². The third-order valence-corrected chi connectivity index (χ3v) is 2.31. The molecule has 2 N–H and O–H groups in total. The van der Waals surface area contributed by atoms with Crippen molar-refractivity contribution in [3.05, 3.63) is 34.4 Å². The molecule has 0 fully saturated rings. The van der Waals surface area contributed by atoms with E-state index in [4.69, 9.17) is 5.11 Å². The number of nitrogens with one attached hydrogen (secondary N) is 1. The third-order valence-electron chi connectivity index (χ3n) is 2.31. The van der Waals surface area contributed by atoms with E-state index in [0.29, 0.717) is 12.1 Å². The van der Waals surface area contributed by atoms with Gasteiger partial charge in [-0.3, -0.25) is 10.1 Å². The van der Waals surface area contributed by atoms with Gasteiger partial charge in [0.15, 0.2) is 0 Å². The molecule has 0 heterocycles. The summed E-state index contributed by atoms with van der Waals surface area (Å²) in [5.74, 6) is 0. The first-order valence-electron chi connectivity index (χ1n) is 5.09. The van der Waals surface area contributed by atoms with E-state index < -0.39 is 4.92 Å². The summed E-state index contributed by atoms with van der Waals surface area (Å²) in [7, 11) is 0. The molecule has 5 nitrogen and oxygen atoms in total. The molecule has 88 valence electrons. The second kappa shape index (κ2) is 4.94. The molecule has 16 heavy (non-hydrogen) atoms. The maximum atomic E-state index is 10.8. The number of aliphatic hydroxyl groups excluding tert-OH is 1. The molecule has 0 aliphatic heterocycles. The summed E-state index contributed by atoms with van der Waals surface area (Å²) in [6.45, 7) is 3.82. The zero-order valence-corrected chi connectivity index (χ0v) is 9.43. The number of rotatable bonds is 5. The molecule has 0 saturated carbocycles. The van der Waals surface area contributed by atoms with Gasteiger partial charge < -0.3 is 10.4 Å². The molecule has 1 rings (SSSR count). The van der Waals surface area contributed by atoms with Crippen molar-refractivity contribution in [2.24, 2.45) is 0 Å². The van der Waals surface area contributed by atoms with E-state index in [-0.39, 0.29) is 17.8 Å². The number of para-hydroxylation sites is 2. The Kier molecular flexibility index (Phi) is 3.84. The number of nitro groups is 1. The maximum absolute atomic E-state index is 10.8. The summed E-state index contributed by atoms with van der Waals surface area (Å²) in [6.07, 6.45) is 0.527. The smallest absolute Gasteiger partial charge is 0.292 e. The second-order valence-electron chi connectivity index (χ2n) is 4.26. The molecule has 1 aromatic rings. The Balaban J connectivity index is 2.92. The summed E-state index contributed by atoms with van der Waals surface area (Å²) < 4.78 is 0. The van der Waals surface area contributed by atoms with Crippen LogP contribution in [0, 0.1) is 10.1 Å². The molecule has 0 saturated heterocycles. The van der Waals surface area contributed by atoms with Crippen molar-refractivity contribution in [3.8, 4) is 0 Å². The molecule has 0 atom stereocenters. The van der Waals surface area contributed by atoms with Crippen molar-refractivity contribution >= 4 is 11.4 Å². The number of anilines is 1. The Morgan fingerprint density at radius 2 is 2.06 bits per heavy atom. The largest absolute Gasteiger partial charge is 0.396 e. The fraction of sp³-hybridized carbons (Fsp3) is 0.455. The number of nitrogens with zero attached hydrogens (tertiary/aromatic N) is 1. The first-order valence-corrected chi connectivity index (χ1v) is 5.09. The van der Waals surface area contributed by atoms with Gasteiger partial charge in [0, 0.05) is 18.2 Å². The van der Waals surface area contributed by atoms with Crippen LogP contribution in [0.5, 0.6) is 0 Å². The van der Waals surface area contributed by atoms with Crippen LogP contribution < -0.4 is 5.32 Å². The lowest BCUT2D eigenvalue weighted by Crippen LogP contribution is -2.32. The number of hydrogen-bond acceptors (Lipinski definition) is 4. The van der Waals surface area contributed by atoms with E-state index in [2.05, 4.69) is 5.32 Å². The molecular weight excluding hydrogens is 208 g/mol. The van der Waals surface area contributed by atoms with Crippen LogP contribution in [0.15, 0.2) is 24.3 Å². The molecule has 0 bridgehead atoms. The van der Waals surface area contributed by atoms with Crippen LogP contribution in [0.2, 0.25) is 0 Å². The number of hydrogen-bond donors (Lipinski definition) is 2. The Bertz CT molecular complexity index is 377. The highest BCUT2D eigenvalue weighted by molar-refractivity contribution is 5.62. The van der Waals surface area contributed by atoms with Crippen LogP contribution in [0.25, 0.3) is 0 Å². The summed E-state index contributed by atoms with van der Waals surface area (Å²) in [5, 5.41) is 22.7. The van der Waals surface area contributed by atoms with Crippen LogP contribution in [-0.2, 0) is 0 Å². The van der Waals surface area contributed by atoms with Gasteiger partial charge in [-0.25, -0.2) is 0 Å². The Hall–Kier alpha value is -1.62. The molecule has 0 aliphatic carbocycles. The zero-order valence-electron chi connectivity index (χ0n) is 9.43. The van der Waals surface area contributed by atoms with E-state index >= 15 is 0 Å². The number of nitro benzene ring substituents is 1. The predicted octanol–water partition coefficient (Wildman–Crippen LogP) is 2.17. The lowest BCUT2D eigenvalue weighted by Gasteiger charge is -2.26. The summed E-state index contributed by atoms with van der Waals surface area (Å²) in [4.78, 5) is 10.4. The van der Waals surface area contributed by atoms with Crippen molar-refractivity contribution in [1.29, 1.82) is 0 Å². The van der Waals surface area contributed by atoms with E-state index in [1.807, 2.05) is 13.8 Å². The predicted molar refractivity (Wildman–Crippen MR) is 62.5 cm³/mol. The Labute approximate surface area is 94.3 Å². The van der Waals surface area contributed by atoms with Crippen molar-refractivity contribution in [1.82, 2.24) is 0 Å². The van der Waals surface area contributed by atoms with Crippen LogP contribution in [0.4, 0.5) is 11.4 Å². The highest BCUT2D eigenvalue weighted by atomic mass is 16.6. The van der Waals surface area contributed by atoms with Crippen LogP contribution in [-0.4, -0.2) is 22.2 Å². The van der Waals surface area contributed by atoms with Crippen LogP contribution >= 0.6 is 0 Å². The summed E-state index contributed by atoms with van der Waals surface area (Å²) in [6, 6.07) is 6.49. The molecule has 0 aromatic heterocycles. The molecule has 0 aliphatic rings. The molecule has 5 heteroatoms. The second-order valence-corrected chi connectivity index (χ2v) is 4.26. The van der Waals surface area contributed by atoms with Crippen molar-refractivity contribution in [3.63, 3.8) is 0 Å². The lowest BCUT2D eigenvalue weighted by molar-refractivity contribution is -0.384. The van der Waals surface area contributed by atoms with Gasteiger partial charge in [-0.2, -0.15) is 0 Å². The van der Waals surface area contributed by atoms with Gasteiger partial charge in [0.1, 0.15) is 5.69 Å². The van der Waals surface area contributed by atoms with Gasteiger partial charge >= 0.3 is 0 Å². The highest BCUT2D eigenvalue weighted by Gasteiger charge is 2.21. The maximum Gasteiger partial charge on any atom is 0.292 e. The third kappa shape index (κ3) is 3.20. The highest BCUT2D eigenvalue weighted by Crippen LogP contribution is 2.27. The fourth-order valence-electron chi connectivity index (χ4n) is 1.45. The Morgan fingerprint density at radius 3 is 2.62 bits per heavy atom. The molecule has 1 aromatic carbocycles. The summed E-state index contributed by atoms with van der Waals surface area (Å²) >= 11 is 0. The minimum Gasteiger partial charge on any atom is -0.396 e. The van der Waals surface area contributed by atoms with E-state index in [1.165, 1.54) is 6.07 Å². The number of aliphatic hydroxyl groups is 1. The standard InChI is InChI=1S/C11H16N2O3/c1-11(2,7-8-14)12-9-5-3-4-6-10(9)13(15)16/h3-6,12,14H,7-8H2,1-2H3. The van der Waals surface area contributed by atoms with Crippen molar-refractivity contribution < 1.29 is 10.0 Å². The summed E-state index contributed by atoms with van der Waals surface area (Å²) in [5.41, 5.74) is 0.153. The van der Waals surface area contributed by atoms with Gasteiger partial charge in [0.25, 0.3) is 5.69 Å². The molecular formula is C11H16N2O3.